The molecule has 2 unspecified atom stereocenters. The van der Waals surface area contributed by atoms with E-state index in [-0.39, 0.29) is 5.97 Å². The lowest BCUT2D eigenvalue weighted by molar-refractivity contribution is -0.142. The Morgan fingerprint density at radius 2 is 2.33 bits per heavy atom. The molecule has 0 aliphatic carbocycles. The Hall–Kier alpha value is -0.680. The highest BCUT2D eigenvalue weighted by molar-refractivity contribution is 7.88. The number of hydrogen-bond acceptors (Lipinski definition) is 4. The molecule has 0 amide bonds. The molecule has 0 saturated carbocycles. The predicted molar refractivity (Wildman–Crippen MR) is 61.4 cm³/mol. The van der Waals surface area contributed by atoms with Crippen molar-refractivity contribution in [3.8, 4) is 0 Å². The molecule has 0 fully saturated rings. The van der Waals surface area contributed by atoms with Crippen LogP contribution in [0.1, 0.15) is 20.3 Å². The number of carbonyl (C=O) groups excluding carboxylic acids is 1. The number of carbonyl (C=O) groups is 1. The third-order valence-corrected chi connectivity index (χ3v) is 4.89. The van der Waals surface area contributed by atoms with E-state index in [9.17, 15) is 9.00 Å². The van der Waals surface area contributed by atoms with Gasteiger partial charge in [-0.2, -0.15) is 0 Å². The normalized spacial score (nSPS) is 14.5. The van der Waals surface area contributed by atoms with Gasteiger partial charge in [0.05, 0.1) is 21.6 Å². The second kappa shape index (κ2) is 6.02. The Balaban J connectivity index is 2.75. The van der Waals surface area contributed by atoms with E-state index < -0.39 is 16.0 Å². The molecule has 5 heteroatoms. The van der Waals surface area contributed by atoms with Crippen LogP contribution in [0, 0.1) is 0 Å². The lowest BCUT2D eigenvalue weighted by atomic mass is 10.3. The Morgan fingerprint density at radius 1 is 1.60 bits per heavy atom. The van der Waals surface area contributed by atoms with Gasteiger partial charge in [0.25, 0.3) is 0 Å². The van der Waals surface area contributed by atoms with E-state index in [0.29, 0.717) is 13.0 Å². The van der Waals surface area contributed by atoms with Crippen LogP contribution >= 0.6 is 11.3 Å². The topological polar surface area (TPSA) is 43.4 Å². The van der Waals surface area contributed by atoms with E-state index in [1.165, 1.54) is 11.3 Å². The first-order chi connectivity index (χ1) is 7.20. The van der Waals surface area contributed by atoms with E-state index in [0.717, 1.165) is 4.21 Å². The molecular formula is C10H14O3S2. The van der Waals surface area contributed by atoms with Crippen LogP contribution in [0.2, 0.25) is 0 Å². The zero-order valence-electron chi connectivity index (χ0n) is 8.76. The van der Waals surface area contributed by atoms with E-state index in [4.69, 9.17) is 4.74 Å². The van der Waals surface area contributed by atoms with Crippen LogP contribution in [-0.2, 0) is 20.3 Å². The van der Waals surface area contributed by atoms with E-state index in [1.807, 2.05) is 18.4 Å². The molecule has 1 heterocycles. The van der Waals surface area contributed by atoms with Gasteiger partial charge in [0.2, 0.25) is 0 Å². The van der Waals surface area contributed by atoms with Crippen molar-refractivity contribution in [2.24, 2.45) is 0 Å². The summed E-state index contributed by atoms with van der Waals surface area (Å²) in [6, 6.07) is 3.61. The first-order valence-electron chi connectivity index (χ1n) is 4.81. The first kappa shape index (κ1) is 12.4. The van der Waals surface area contributed by atoms with Gasteiger partial charge in [0.1, 0.15) is 5.25 Å². The minimum Gasteiger partial charge on any atom is -0.465 e. The zero-order valence-corrected chi connectivity index (χ0v) is 10.4. The van der Waals surface area contributed by atoms with Crippen molar-refractivity contribution in [2.45, 2.75) is 29.7 Å². The van der Waals surface area contributed by atoms with E-state index in [1.54, 1.807) is 13.0 Å². The maximum absolute atomic E-state index is 12.0. The predicted octanol–water partition coefficient (Wildman–Crippen LogP) is 2.20. The molecule has 0 saturated heterocycles. The Kier molecular flexibility index (Phi) is 4.98. The summed E-state index contributed by atoms with van der Waals surface area (Å²) < 4.78 is 17.6. The molecule has 84 valence electrons. The Labute approximate surface area is 95.9 Å². The molecule has 3 nitrogen and oxygen atoms in total. The summed E-state index contributed by atoms with van der Waals surface area (Å²) in [5, 5.41) is 1.31. The summed E-state index contributed by atoms with van der Waals surface area (Å²) in [7, 11) is -1.28. The molecule has 15 heavy (non-hydrogen) atoms. The van der Waals surface area contributed by atoms with Crippen LogP contribution in [-0.4, -0.2) is 22.0 Å². The second-order valence-electron chi connectivity index (χ2n) is 2.88. The zero-order chi connectivity index (χ0) is 11.3. The van der Waals surface area contributed by atoms with Crippen molar-refractivity contribution in [3.63, 3.8) is 0 Å². The summed E-state index contributed by atoms with van der Waals surface area (Å²) in [5.41, 5.74) is 0. The fourth-order valence-corrected chi connectivity index (χ4v) is 3.54. The quantitative estimate of drug-likeness (QED) is 0.748. The molecular weight excluding hydrogens is 232 g/mol. The largest absolute Gasteiger partial charge is 0.465 e. The lowest BCUT2D eigenvalue weighted by Gasteiger charge is -2.11. The molecule has 1 rings (SSSR count). The Bertz CT molecular complexity index is 332. The minimum absolute atomic E-state index is 0.330. The van der Waals surface area contributed by atoms with Crippen molar-refractivity contribution < 1.29 is 13.7 Å². The fraction of sp³-hybridized carbons (Fsp3) is 0.500. The van der Waals surface area contributed by atoms with Crippen LogP contribution in [0.3, 0.4) is 0 Å². The summed E-state index contributed by atoms with van der Waals surface area (Å²) in [6.07, 6.45) is 0.531. The smallest absolute Gasteiger partial charge is 0.322 e. The Morgan fingerprint density at radius 3 is 2.80 bits per heavy atom. The maximum atomic E-state index is 12.0. The highest BCUT2D eigenvalue weighted by Crippen LogP contribution is 2.19. The molecule has 0 aliphatic rings. The molecule has 0 aromatic carbocycles. The molecule has 2 atom stereocenters. The van der Waals surface area contributed by atoms with Crippen LogP contribution in [0.5, 0.6) is 0 Å². The van der Waals surface area contributed by atoms with Crippen LogP contribution in [0.4, 0.5) is 0 Å². The molecule has 0 N–H and O–H groups in total. The SMILES string of the molecule is CCOC(=O)C(CC)S(=O)c1cccs1. The maximum Gasteiger partial charge on any atom is 0.322 e. The monoisotopic (exact) mass is 246 g/mol. The van der Waals surface area contributed by atoms with Gasteiger partial charge in [-0.1, -0.05) is 13.0 Å². The first-order valence-corrected chi connectivity index (χ1v) is 6.90. The molecule has 0 aliphatic heterocycles. The molecule has 0 radical (unpaired) electrons. The molecule has 0 spiro atoms. The number of ether oxygens (including phenoxy) is 1. The molecule has 1 aromatic heterocycles. The van der Waals surface area contributed by atoms with Gasteiger partial charge in [0, 0.05) is 0 Å². The number of thiophene rings is 1. The number of hydrogen-bond donors (Lipinski definition) is 0. The minimum atomic E-state index is -1.28. The fourth-order valence-electron chi connectivity index (χ4n) is 1.16. The van der Waals surface area contributed by atoms with Gasteiger partial charge >= 0.3 is 5.97 Å². The molecule has 1 aromatic rings. The summed E-state index contributed by atoms with van der Waals surface area (Å²) in [4.78, 5) is 11.5. The second-order valence-corrected chi connectivity index (χ2v) is 5.69. The third kappa shape index (κ3) is 3.14. The van der Waals surface area contributed by atoms with Gasteiger partial charge in [-0.25, -0.2) is 0 Å². The van der Waals surface area contributed by atoms with Crippen molar-refractivity contribution >= 4 is 28.1 Å². The van der Waals surface area contributed by atoms with E-state index >= 15 is 0 Å². The van der Waals surface area contributed by atoms with Gasteiger partial charge in [-0.15, -0.1) is 11.3 Å². The van der Waals surface area contributed by atoms with Crippen LogP contribution < -0.4 is 0 Å². The van der Waals surface area contributed by atoms with Crippen LogP contribution in [0.15, 0.2) is 21.7 Å². The van der Waals surface area contributed by atoms with E-state index in [2.05, 4.69) is 0 Å². The average molecular weight is 246 g/mol. The van der Waals surface area contributed by atoms with Crippen molar-refractivity contribution in [3.05, 3.63) is 17.5 Å². The summed E-state index contributed by atoms with van der Waals surface area (Å²) in [6.45, 7) is 3.92. The summed E-state index contributed by atoms with van der Waals surface area (Å²) in [5.74, 6) is -0.369. The number of esters is 1. The van der Waals surface area contributed by atoms with Crippen molar-refractivity contribution in [1.82, 2.24) is 0 Å². The lowest BCUT2D eigenvalue weighted by Crippen LogP contribution is -2.27. The number of rotatable bonds is 5. The van der Waals surface area contributed by atoms with Gasteiger partial charge < -0.3 is 4.74 Å². The van der Waals surface area contributed by atoms with Gasteiger partial charge in [0.15, 0.2) is 0 Å². The van der Waals surface area contributed by atoms with Crippen molar-refractivity contribution in [2.75, 3.05) is 6.61 Å². The molecule has 0 bridgehead atoms. The highest BCUT2D eigenvalue weighted by Gasteiger charge is 2.26. The highest BCUT2D eigenvalue weighted by atomic mass is 32.2. The van der Waals surface area contributed by atoms with Crippen molar-refractivity contribution in [1.29, 1.82) is 0 Å². The summed E-state index contributed by atoms with van der Waals surface area (Å²) >= 11 is 1.40. The third-order valence-electron chi connectivity index (χ3n) is 1.87. The van der Waals surface area contributed by atoms with Crippen LogP contribution in [0.25, 0.3) is 0 Å². The average Bonchev–Trinajstić information content (AvgIpc) is 2.71. The van der Waals surface area contributed by atoms with Gasteiger partial charge in [-0.05, 0) is 24.8 Å². The standard InChI is InChI=1S/C10H14O3S2/c1-3-8(10(11)13-4-2)15(12)9-6-5-7-14-9/h5-8H,3-4H2,1-2H3. The van der Waals surface area contributed by atoms with Gasteiger partial charge in [-0.3, -0.25) is 9.00 Å².